The number of nitrogens with zero attached hydrogens (tertiary/aromatic N) is 4. The highest BCUT2D eigenvalue weighted by Gasteiger charge is 2.35. The van der Waals surface area contributed by atoms with Gasteiger partial charge in [0.25, 0.3) is 5.91 Å². The molecule has 6 nitrogen and oxygen atoms in total. The predicted octanol–water partition coefficient (Wildman–Crippen LogP) is 2.90. The Balaban J connectivity index is 1.21. The van der Waals surface area contributed by atoms with Crippen LogP contribution in [0.25, 0.3) is 0 Å². The van der Waals surface area contributed by atoms with Gasteiger partial charge in [-0.15, -0.1) is 0 Å². The van der Waals surface area contributed by atoms with Crippen molar-refractivity contribution in [2.24, 2.45) is 5.92 Å². The van der Waals surface area contributed by atoms with Crippen molar-refractivity contribution >= 4 is 11.6 Å². The van der Waals surface area contributed by atoms with E-state index in [1.807, 2.05) is 42.4 Å². The highest BCUT2D eigenvalue weighted by molar-refractivity contribution is 5.83. The molecule has 148 valence electrons. The van der Waals surface area contributed by atoms with Crippen molar-refractivity contribution in [2.45, 2.75) is 44.2 Å². The van der Waals surface area contributed by atoms with Crippen LogP contribution >= 0.6 is 0 Å². The quantitative estimate of drug-likeness (QED) is 0.818. The van der Waals surface area contributed by atoms with Crippen molar-refractivity contribution in [3.63, 3.8) is 0 Å². The second kappa shape index (κ2) is 7.15. The van der Waals surface area contributed by atoms with E-state index in [1.54, 1.807) is 0 Å². The average molecular weight is 380 g/mol. The van der Waals surface area contributed by atoms with Crippen molar-refractivity contribution in [1.29, 1.82) is 0 Å². The number of amides is 1. The first-order chi connectivity index (χ1) is 13.7. The van der Waals surface area contributed by atoms with Crippen LogP contribution in [0.15, 0.2) is 36.7 Å². The Morgan fingerprint density at radius 1 is 1.18 bits per heavy atom. The van der Waals surface area contributed by atoms with E-state index < -0.39 is 6.10 Å². The number of anilines is 1. The number of aromatic nitrogens is 2. The number of imidazole rings is 1. The molecule has 0 N–H and O–H groups in total. The first kappa shape index (κ1) is 17.6. The second-order valence-electron chi connectivity index (χ2n) is 8.44. The lowest BCUT2D eigenvalue weighted by Crippen LogP contribution is -2.51. The van der Waals surface area contributed by atoms with Gasteiger partial charge in [-0.2, -0.15) is 0 Å². The predicted molar refractivity (Wildman–Crippen MR) is 108 cm³/mol. The van der Waals surface area contributed by atoms with Gasteiger partial charge in [-0.1, -0.05) is 12.1 Å². The molecule has 3 heterocycles. The largest absolute Gasteiger partial charge is 0.477 e. The van der Waals surface area contributed by atoms with Crippen LogP contribution in [0.5, 0.6) is 5.75 Å². The van der Waals surface area contributed by atoms with E-state index in [1.165, 1.54) is 18.7 Å². The summed E-state index contributed by atoms with van der Waals surface area (Å²) in [6.45, 7) is 3.27. The molecule has 1 unspecified atom stereocenters. The number of hydrogen-bond donors (Lipinski definition) is 0. The Kier molecular flexibility index (Phi) is 4.49. The van der Waals surface area contributed by atoms with Crippen LogP contribution < -0.4 is 9.64 Å². The zero-order chi connectivity index (χ0) is 19.1. The highest BCUT2D eigenvalue weighted by atomic mass is 16.5. The van der Waals surface area contributed by atoms with Gasteiger partial charge >= 0.3 is 0 Å². The Labute approximate surface area is 166 Å². The number of rotatable bonds is 4. The van der Waals surface area contributed by atoms with Gasteiger partial charge in [0.2, 0.25) is 0 Å². The number of likely N-dealkylation sites (N-methyl/N-ethyl adjacent to an activating group) is 1. The minimum atomic E-state index is -0.423. The van der Waals surface area contributed by atoms with Crippen molar-refractivity contribution in [3.05, 3.63) is 42.5 Å². The van der Waals surface area contributed by atoms with Crippen LogP contribution in [0.1, 0.15) is 37.4 Å². The van der Waals surface area contributed by atoms with Crippen LogP contribution in [-0.2, 0) is 11.3 Å². The number of piperidine rings is 1. The highest BCUT2D eigenvalue weighted by Crippen LogP contribution is 2.35. The smallest absolute Gasteiger partial charge is 0.265 e. The van der Waals surface area contributed by atoms with E-state index in [2.05, 4.69) is 20.6 Å². The number of fused-ring (bicyclic) bond motifs is 1. The van der Waals surface area contributed by atoms with E-state index in [0.29, 0.717) is 12.5 Å². The van der Waals surface area contributed by atoms with Gasteiger partial charge < -0.3 is 19.1 Å². The van der Waals surface area contributed by atoms with Crippen LogP contribution in [-0.4, -0.2) is 53.1 Å². The van der Waals surface area contributed by atoms with Crippen molar-refractivity contribution in [1.82, 2.24) is 14.5 Å². The van der Waals surface area contributed by atoms with E-state index >= 15 is 0 Å². The lowest BCUT2D eigenvalue weighted by molar-refractivity contribution is -0.139. The molecule has 3 aliphatic rings. The maximum absolute atomic E-state index is 13.1. The fraction of sp³-hybridized carbons (Fsp3) is 0.545. The SMILES string of the molecule is CN1CC(C(=O)N2CCC(c3nccn3CC3CC3)CC2)Oc2ccccc21. The molecule has 1 aliphatic carbocycles. The van der Waals surface area contributed by atoms with Gasteiger partial charge in [0.15, 0.2) is 6.10 Å². The molecule has 1 amide bonds. The van der Waals surface area contributed by atoms with Crippen LogP contribution in [0.4, 0.5) is 5.69 Å². The fourth-order valence-corrected chi connectivity index (χ4v) is 4.51. The number of para-hydroxylation sites is 2. The summed E-state index contributed by atoms with van der Waals surface area (Å²) in [6, 6.07) is 7.93. The molecule has 0 bridgehead atoms. The summed E-state index contributed by atoms with van der Waals surface area (Å²) in [5.74, 6) is 3.42. The number of carbonyl (C=O) groups is 1. The number of ether oxygens (including phenoxy) is 1. The molecule has 1 atom stereocenters. The van der Waals surface area contributed by atoms with Crippen molar-refractivity contribution in [2.75, 3.05) is 31.6 Å². The van der Waals surface area contributed by atoms with Crippen molar-refractivity contribution in [3.8, 4) is 5.75 Å². The molecule has 1 aromatic carbocycles. The lowest BCUT2D eigenvalue weighted by atomic mass is 9.95. The molecule has 1 saturated carbocycles. The summed E-state index contributed by atoms with van der Waals surface area (Å²) in [4.78, 5) is 21.8. The minimum Gasteiger partial charge on any atom is -0.477 e. The number of benzene rings is 1. The summed E-state index contributed by atoms with van der Waals surface area (Å²) in [7, 11) is 2.02. The van der Waals surface area contributed by atoms with E-state index in [4.69, 9.17) is 4.74 Å². The molecule has 1 aromatic heterocycles. The van der Waals surface area contributed by atoms with Crippen molar-refractivity contribution < 1.29 is 9.53 Å². The van der Waals surface area contributed by atoms with Gasteiger partial charge in [0.05, 0.1) is 12.2 Å². The Bertz CT molecular complexity index is 852. The van der Waals surface area contributed by atoms with Gasteiger partial charge in [-0.25, -0.2) is 4.98 Å². The maximum atomic E-state index is 13.1. The molecule has 0 spiro atoms. The minimum absolute atomic E-state index is 0.112. The first-order valence-corrected chi connectivity index (χ1v) is 10.5. The normalized spacial score (nSPS) is 22.7. The summed E-state index contributed by atoms with van der Waals surface area (Å²) in [6.07, 6.45) is 8.28. The van der Waals surface area contributed by atoms with Gasteiger partial charge in [-0.3, -0.25) is 4.79 Å². The molecule has 0 radical (unpaired) electrons. The monoisotopic (exact) mass is 380 g/mol. The van der Waals surface area contributed by atoms with Crippen LogP contribution in [0.3, 0.4) is 0 Å². The molecule has 1 saturated heterocycles. The fourth-order valence-electron chi connectivity index (χ4n) is 4.51. The standard InChI is InChI=1S/C22H28N4O2/c1-24-15-20(28-19-5-3-2-4-18(19)24)22(27)25-11-8-17(9-12-25)21-23-10-13-26(21)14-16-6-7-16/h2-5,10,13,16-17,20H,6-9,11-12,14-15H2,1H3. The zero-order valence-electron chi connectivity index (χ0n) is 16.5. The number of carbonyl (C=O) groups excluding carboxylic acids is 1. The Morgan fingerprint density at radius 2 is 1.96 bits per heavy atom. The summed E-state index contributed by atoms with van der Waals surface area (Å²) < 4.78 is 8.38. The molecular weight excluding hydrogens is 352 g/mol. The summed E-state index contributed by atoms with van der Waals surface area (Å²) in [5, 5.41) is 0. The molecule has 2 aromatic rings. The molecule has 5 rings (SSSR count). The molecule has 2 aliphatic heterocycles. The van der Waals surface area contributed by atoms with Crippen LogP contribution in [0, 0.1) is 5.92 Å². The molecule has 2 fully saturated rings. The molecular formula is C22H28N4O2. The second-order valence-corrected chi connectivity index (χ2v) is 8.44. The average Bonchev–Trinajstić information content (AvgIpc) is 3.42. The first-order valence-electron chi connectivity index (χ1n) is 10.5. The summed E-state index contributed by atoms with van der Waals surface area (Å²) in [5.41, 5.74) is 1.05. The zero-order valence-corrected chi connectivity index (χ0v) is 16.5. The van der Waals surface area contributed by atoms with Gasteiger partial charge in [0.1, 0.15) is 11.6 Å². The van der Waals surface area contributed by atoms with E-state index in [9.17, 15) is 4.79 Å². The lowest BCUT2D eigenvalue weighted by Gasteiger charge is -2.38. The van der Waals surface area contributed by atoms with E-state index in [-0.39, 0.29) is 5.91 Å². The van der Waals surface area contributed by atoms with Gasteiger partial charge in [0, 0.05) is 45.0 Å². The molecule has 6 heteroatoms. The third kappa shape index (κ3) is 3.36. The van der Waals surface area contributed by atoms with E-state index in [0.717, 1.165) is 49.8 Å². The maximum Gasteiger partial charge on any atom is 0.265 e. The number of hydrogen-bond acceptors (Lipinski definition) is 4. The third-order valence-corrected chi connectivity index (χ3v) is 6.33. The topological polar surface area (TPSA) is 50.6 Å². The third-order valence-electron chi connectivity index (χ3n) is 6.33. The summed E-state index contributed by atoms with van der Waals surface area (Å²) >= 11 is 0. The Hall–Kier alpha value is -2.50. The molecule has 28 heavy (non-hydrogen) atoms. The number of likely N-dealkylation sites (tertiary alicyclic amines) is 1. The van der Waals surface area contributed by atoms with Crippen LogP contribution in [0.2, 0.25) is 0 Å². The van der Waals surface area contributed by atoms with Gasteiger partial charge in [-0.05, 0) is 43.7 Å². The Morgan fingerprint density at radius 3 is 2.75 bits per heavy atom.